The summed E-state index contributed by atoms with van der Waals surface area (Å²) in [5.74, 6) is 1.55. The van der Waals surface area contributed by atoms with Crippen LogP contribution in [0.15, 0.2) is 46.3 Å². The Morgan fingerprint density at radius 2 is 2.00 bits per heavy atom. The third-order valence-electron chi connectivity index (χ3n) is 4.09. The lowest BCUT2D eigenvalue weighted by Crippen LogP contribution is -2.19. The molecule has 1 aliphatic rings. The van der Waals surface area contributed by atoms with Gasteiger partial charge >= 0.3 is 0 Å². The molecular weight excluding hydrogens is 408 g/mol. The molecule has 2 aromatic carbocycles. The average molecular weight is 431 g/mol. The molecule has 0 unspecified atom stereocenters. The number of thioether (sulfide) groups is 1. The van der Waals surface area contributed by atoms with Crippen LogP contribution < -0.4 is 14.8 Å². The number of aliphatic imine (C=N–C) groups is 1. The lowest BCUT2D eigenvalue weighted by Gasteiger charge is -2.12. The second-order valence-corrected chi connectivity index (χ2v) is 8.47. The number of hydrogen-bond acceptors (Lipinski definition) is 5. The molecule has 2 aromatic rings. The van der Waals surface area contributed by atoms with Gasteiger partial charge in [-0.05, 0) is 66.1 Å². The van der Waals surface area contributed by atoms with E-state index in [0.717, 1.165) is 11.1 Å². The first-order valence-corrected chi connectivity index (χ1v) is 10.4. The first-order chi connectivity index (χ1) is 13.9. The van der Waals surface area contributed by atoms with Crippen molar-refractivity contribution < 1.29 is 14.3 Å². The first kappa shape index (κ1) is 21.3. The lowest BCUT2D eigenvalue weighted by molar-refractivity contribution is -0.115. The number of amidine groups is 1. The number of methoxy groups -OCH3 is 1. The molecule has 0 saturated carbocycles. The SMILES string of the molecule is COc1cc(/C=C2\SC(=Nc3ccc(C)c(Cl)c3)NC2=O)ccc1OCC(C)C. The minimum Gasteiger partial charge on any atom is -0.493 e. The van der Waals surface area contributed by atoms with Gasteiger partial charge in [-0.2, -0.15) is 0 Å². The minimum absolute atomic E-state index is 0.189. The van der Waals surface area contributed by atoms with E-state index in [0.29, 0.717) is 44.8 Å². The molecule has 1 fully saturated rings. The number of rotatable bonds is 6. The Labute approximate surface area is 180 Å². The van der Waals surface area contributed by atoms with Crippen molar-refractivity contribution in [3.8, 4) is 11.5 Å². The molecule has 1 amide bonds. The van der Waals surface area contributed by atoms with Crippen LogP contribution in [0, 0.1) is 12.8 Å². The van der Waals surface area contributed by atoms with Gasteiger partial charge in [-0.3, -0.25) is 4.79 Å². The summed E-state index contributed by atoms with van der Waals surface area (Å²) >= 11 is 7.43. The Kier molecular flexibility index (Phi) is 6.87. The number of nitrogens with one attached hydrogen (secondary N) is 1. The summed E-state index contributed by atoms with van der Waals surface area (Å²) in [4.78, 5) is 17.4. The zero-order valence-corrected chi connectivity index (χ0v) is 18.4. The van der Waals surface area contributed by atoms with E-state index in [1.807, 2.05) is 37.3 Å². The number of halogens is 1. The molecule has 5 nitrogen and oxygen atoms in total. The van der Waals surface area contributed by atoms with Crippen molar-refractivity contribution in [3.63, 3.8) is 0 Å². The molecule has 0 atom stereocenters. The monoisotopic (exact) mass is 430 g/mol. The zero-order chi connectivity index (χ0) is 21.0. The van der Waals surface area contributed by atoms with Crippen LogP contribution in [0.3, 0.4) is 0 Å². The topological polar surface area (TPSA) is 59.9 Å². The highest BCUT2D eigenvalue weighted by molar-refractivity contribution is 8.18. The van der Waals surface area contributed by atoms with E-state index < -0.39 is 0 Å². The maximum Gasteiger partial charge on any atom is 0.264 e. The molecule has 3 rings (SSSR count). The van der Waals surface area contributed by atoms with Crippen LogP contribution in [0.1, 0.15) is 25.0 Å². The lowest BCUT2D eigenvalue weighted by atomic mass is 10.2. The van der Waals surface area contributed by atoms with Crippen molar-refractivity contribution in [1.29, 1.82) is 0 Å². The molecule has 0 aliphatic carbocycles. The molecule has 1 saturated heterocycles. The summed E-state index contributed by atoms with van der Waals surface area (Å²) in [6, 6.07) is 11.1. The summed E-state index contributed by atoms with van der Waals surface area (Å²) in [6.45, 7) is 6.72. The van der Waals surface area contributed by atoms with Crippen molar-refractivity contribution in [3.05, 3.63) is 57.5 Å². The molecule has 0 aromatic heterocycles. The van der Waals surface area contributed by atoms with Gasteiger partial charge in [0.15, 0.2) is 16.7 Å². The maximum absolute atomic E-state index is 12.3. The van der Waals surface area contributed by atoms with Crippen molar-refractivity contribution in [2.75, 3.05) is 13.7 Å². The Morgan fingerprint density at radius 1 is 1.21 bits per heavy atom. The van der Waals surface area contributed by atoms with Crippen molar-refractivity contribution in [2.24, 2.45) is 10.9 Å². The maximum atomic E-state index is 12.3. The first-order valence-electron chi connectivity index (χ1n) is 9.22. The van der Waals surface area contributed by atoms with Crippen LogP contribution in [0.4, 0.5) is 5.69 Å². The molecule has 1 heterocycles. The minimum atomic E-state index is -0.189. The second-order valence-electron chi connectivity index (χ2n) is 7.03. The Morgan fingerprint density at radius 3 is 2.69 bits per heavy atom. The Hall–Kier alpha value is -2.44. The number of ether oxygens (including phenoxy) is 2. The summed E-state index contributed by atoms with van der Waals surface area (Å²) in [6.07, 6.45) is 1.80. The van der Waals surface area contributed by atoms with Gasteiger partial charge in [0.25, 0.3) is 5.91 Å². The van der Waals surface area contributed by atoms with E-state index in [-0.39, 0.29) is 5.91 Å². The fourth-order valence-corrected chi connectivity index (χ4v) is 3.57. The number of aryl methyl sites for hydroxylation is 1. The van der Waals surface area contributed by atoms with Crippen LogP contribution in [0.25, 0.3) is 6.08 Å². The van der Waals surface area contributed by atoms with Crippen LogP contribution in [-0.2, 0) is 4.79 Å². The van der Waals surface area contributed by atoms with Gasteiger partial charge in [-0.1, -0.05) is 37.6 Å². The largest absolute Gasteiger partial charge is 0.493 e. The van der Waals surface area contributed by atoms with Gasteiger partial charge in [-0.25, -0.2) is 4.99 Å². The number of benzene rings is 2. The zero-order valence-electron chi connectivity index (χ0n) is 16.8. The van der Waals surface area contributed by atoms with Crippen LogP contribution >= 0.6 is 23.4 Å². The predicted octanol–water partition coefficient (Wildman–Crippen LogP) is 5.58. The fourth-order valence-electron chi connectivity index (χ4n) is 2.55. The third kappa shape index (κ3) is 5.55. The van der Waals surface area contributed by atoms with E-state index >= 15 is 0 Å². The number of nitrogens with zero attached hydrogens (tertiary/aromatic N) is 1. The average Bonchev–Trinajstić information content (AvgIpc) is 3.02. The number of hydrogen-bond donors (Lipinski definition) is 1. The van der Waals surface area contributed by atoms with E-state index in [4.69, 9.17) is 21.1 Å². The predicted molar refractivity (Wildman–Crippen MR) is 120 cm³/mol. The molecule has 0 bridgehead atoms. The van der Waals surface area contributed by atoms with Crippen LogP contribution in [0.5, 0.6) is 11.5 Å². The second kappa shape index (κ2) is 9.37. The highest BCUT2D eigenvalue weighted by atomic mass is 35.5. The quantitative estimate of drug-likeness (QED) is 0.607. The van der Waals surface area contributed by atoms with E-state index in [9.17, 15) is 4.79 Å². The van der Waals surface area contributed by atoms with Crippen LogP contribution in [-0.4, -0.2) is 24.8 Å². The van der Waals surface area contributed by atoms with Gasteiger partial charge < -0.3 is 14.8 Å². The van der Waals surface area contributed by atoms with Gasteiger partial charge in [0.05, 0.1) is 24.3 Å². The molecule has 7 heteroatoms. The summed E-state index contributed by atoms with van der Waals surface area (Å²) in [5.41, 5.74) is 2.52. The van der Waals surface area contributed by atoms with Gasteiger partial charge in [0.2, 0.25) is 0 Å². The number of amides is 1. The highest BCUT2D eigenvalue weighted by Crippen LogP contribution is 2.33. The van der Waals surface area contributed by atoms with E-state index in [1.165, 1.54) is 11.8 Å². The van der Waals surface area contributed by atoms with Crippen molar-refractivity contribution in [1.82, 2.24) is 5.32 Å². The van der Waals surface area contributed by atoms with E-state index in [1.54, 1.807) is 19.3 Å². The summed E-state index contributed by atoms with van der Waals surface area (Å²) < 4.78 is 11.2. The third-order valence-corrected chi connectivity index (χ3v) is 5.41. The smallest absolute Gasteiger partial charge is 0.264 e. The molecule has 0 radical (unpaired) electrons. The fraction of sp³-hybridized carbons (Fsp3) is 0.273. The molecule has 0 spiro atoms. The van der Waals surface area contributed by atoms with E-state index in [2.05, 4.69) is 24.2 Å². The molecule has 152 valence electrons. The Bertz CT molecular complexity index is 986. The van der Waals surface area contributed by atoms with Crippen molar-refractivity contribution in [2.45, 2.75) is 20.8 Å². The van der Waals surface area contributed by atoms with Crippen LogP contribution in [0.2, 0.25) is 5.02 Å². The number of carbonyl (C=O) groups is 1. The molecular formula is C22H23ClN2O3S. The highest BCUT2D eigenvalue weighted by Gasteiger charge is 2.24. The van der Waals surface area contributed by atoms with Gasteiger partial charge in [0, 0.05) is 5.02 Å². The van der Waals surface area contributed by atoms with Crippen molar-refractivity contribution >= 4 is 46.2 Å². The molecule has 29 heavy (non-hydrogen) atoms. The molecule has 1 N–H and O–H groups in total. The summed E-state index contributed by atoms with van der Waals surface area (Å²) in [7, 11) is 1.60. The standard InChI is InChI=1S/C22H23ClN2O3S/c1-13(2)12-28-18-8-6-15(9-19(18)27-4)10-20-21(26)25-22(29-20)24-16-7-5-14(3)17(23)11-16/h5-11,13H,12H2,1-4H3,(H,24,25,26)/b20-10-. The summed E-state index contributed by atoms with van der Waals surface area (Å²) in [5, 5.41) is 3.95. The normalized spacial score (nSPS) is 16.6. The number of carbonyl (C=O) groups excluding carboxylic acids is 1. The van der Waals surface area contributed by atoms with Gasteiger partial charge in [-0.15, -0.1) is 0 Å². The van der Waals surface area contributed by atoms with Gasteiger partial charge in [0.1, 0.15) is 0 Å². The molecule has 1 aliphatic heterocycles. The Balaban J connectivity index is 1.79.